The van der Waals surface area contributed by atoms with Gasteiger partial charge in [-0.1, -0.05) is 20.3 Å². The SMILES string of the molecule is CC[C@@H](C)COCCOCCOCCO. The van der Waals surface area contributed by atoms with Crippen LogP contribution < -0.4 is 0 Å². The standard InChI is InChI=1S/C11H24O4/c1-3-11(2)10-15-9-8-14-7-6-13-5-4-12/h11-12H,3-10H2,1-2H3/t11-/m1/s1. The molecule has 0 spiro atoms. The molecule has 0 saturated carbocycles. The zero-order valence-electron chi connectivity index (χ0n) is 9.91. The summed E-state index contributed by atoms with van der Waals surface area (Å²) in [5, 5.41) is 8.43. The van der Waals surface area contributed by atoms with Gasteiger partial charge in [0.1, 0.15) is 0 Å². The second-order valence-electron chi connectivity index (χ2n) is 3.54. The summed E-state index contributed by atoms with van der Waals surface area (Å²) < 4.78 is 15.7. The van der Waals surface area contributed by atoms with Crippen molar-refractivity contribution >= 4 is 0 Å². The average molecular weight is 220 g/mol. The number of aliphatic hydroxyl groups is 1. The van der Waals surface area contributed by atoms with Gasteiger partial charge >= 0.3 is 0 Å². The van der Waals surface area contributed by atoms with E-state index in [0.717, 1.165) is 13.0 Å². The van der Waals surface area contributed by atoms with Gasteiger partial charge in [-0.05, 0) is 5.92 Å². The van der Waals surface area contributed by atoms with Crippen LogP contribution in [0.25, 0.3) is 0 Å². The molecule has 0 aromatic rings. The molecule has 4 heteroatoms. The minimum atomic E-state index is 0.0675. The van der Waals surface area contributed by atoms with Crippen molar-refractivity contribution in [3.63, 3.8) is 0 Å². The summed E-state index contributed by atoms with van der Waals surface area (Å²) in [7, 11) is 0. The van der Waals surface area contributed by atoms with E-state index in [2.05, 4.69) is 13.8 Å². The van der Waals surface area contributed by atoms with Gasteiger partial charge < -0.3 is 19.3 Å². The Labute approximate surface area is 92.5 Å². The van der Waals surface area contributed by atoms with Crippen LogP contribution >= 0.6 is 0 Å². The van der Waals surface area contributed by atoms with Gasteiger partial charge in [-0.2, -0.15) is 0 Å². The molecule has 1 atom stereocenters. The van der Waals surface area contributed by atoms with Crippen molar-refractivity contribution in [2.24, 2.45) is 5.92 Å². The van der Waals surface area contributed by atoms with Crippen molar-refractivity contribution in [1.29, 1.82) is 0 Å². The summed E-state index contributed by atoms with van der Waals surface area (Å²) >= 11 is 0. The van der Waals surface area contributed by atoms with Crippen LogP contribution in [0, 0.1) is 5.92 Å². The molecule has 15 heavy (non-hydrogen) atoms. The Morgan fingerprint density at radius 3 is 2.00 bits per heavy atom. The van der Waals surface area contributed by atoms with E-state index in [1.54, 1.807) is 0 Å². The van der Waals surface area contributed by atoms with Crippen LogP contribution in [0.5, 0.6) is 0 Å². The van der Waals surface area contributed by atoms with Gasteiger partial charge in [-0.3, -0.25) is 0 Å². The number of rotatable bonds is 11. The number of hydrogen-bond donors (Lipinski definition) is 1. The normalized spacial score (nSPS) is 13.0. The van der Waals surface area contributed by atoms with Crippen molar-refractivity contribution in [2.45, 2.75) is 20.3 Å². The zero-order valence-corrected chi connectivity index (χ0v) is 9.91. The molecule has 0 aromatic carbocycles. The first-order chi connectivity index (χ1) is 7.31. The molecule has 0 saturated heterocycles. The number of aliphatic hydroxyl groups excluding tert-OH is 1. The van der Waals surface area contributed by atoms with Gasteiger partial charge in [0.2, 0.25) is 0 Å². The van der Waals surface area contributed by atoms with Crippen LogP contribution in [0.1, 0.15) is 20.3 Å². The Morgan fingerprint density at radius 1 is 0.933 bits per heavy atom. The Hall–Kier alpha value is -0.160. The lowest BCUT2D eigenvalue weighted by atomic mass is 10.1. The number of ether oxygens (including phenoxy) is 3. The van der Waals surface area contributed by atoms with Gasteiger partial charge in [0.15, 0.2) is 0 Å². The van der Waals surface area contributed by atoms with E-state index in [0.29, 0.717) is 39.0 Å². The predicted molar refractivity (Wildman–Crippen MR) is 59.0 cm³/mol. The van der Waals surface area contributed by atoms with Crippen molar-refractivity contribution in [3.05, 3.63) is 0 Å². The van der Waals surface area contributed by atoms with Crippen LogP contribution in [0.4, 0.5) is 0 Å². The fraction of sp³-hybridized carbons (Fsp3) is 1.00. The smallest absolute Gasteiger partial charge is 0.0701 e. The molecule has 4 nitrogen and oxygen atoms in total. The first kappa shape index (κ1) is 14.8. The average Bonchev–Trinajstić information content (AvgIpc) is 2.26. The van der Waals surface area contributed by atoms with E-state index in [-0.39, 0.29) is 6.61 Å². The first-order valence-electron chi connectivity index (χ1n) is 5.65. The van der Waals surface area contributed by atoms with E-state index < -0.39 is 0 Å². The van der Waals surface area contributed by atoms with Crippen LogP contribution in [0.15, 0.2) is 0 Å². The summed E-state index contributed by atoms with van der Waals surface area (Å²) in [5.41, 5.74) is 0. The van der Waals surface area contributed by atoms with E-state index in [4.69, 9.17) is 19.3 Å². The minimum Gasteiger partial charge on any atom is -0.394 e. The quantitative estimate of drug-likeness (QED) is 0.529. The van der Waals surface area contributed by atoms with Crippen LogP contribution in [0.2, 0.25) is 0 Å². The Morgan fingerprint density at radius 2 is 1.47 bits per heavy atom. The van der Waals surface area contributed by atoms with E-state index >= 15 is 0 Å². The molecule has 1 N–H and O–H groups in total. The molecular formula is C11H24O4. The molecule has 0 aliphatic rings. The maximum Gasteiger partial charge on any atom is 0.0701 e. The molecule has 0 bridgehead atoms. The van der Waals surface area contributed by atoms with Crippen molar-refractivity contribution in [3.8, 4) is 0 Å². The maximum absolute atomic E-state index is 8.43. The lowest BCUT2D eigenvalue weighted by Crippen LogP contribution is -2.12. The number of hydrogen-bond acceptors (Lipinski definition) is 4. The van der Waals surface area contributed by atoms with E-state index in [9.17, 15) is 0 Å². The molecule has 0 fully saturated rings. The molecule has 0 radical (unpaired) electrons. The summed E-state index contributed by atoms with van der Waals surface area (Å²) in [6.07, 6.45) is 1.15. The molecular weight excluding hydrogens is 196 g/mol. The molecule has 92 valence electrons. The van der Waals surface area contributed by atoms with Crippen LogP contribution in [0.3, 0.4) is 0 Å². The highest BCUT2D eigenvalue weighted by atomic mass is 16.5. The highest BCUT2D eigenvalue weighted by Crippen LogP contribution is 1.99. The largest absolute Gasteiger partial charge is 0.394 e. The summed E-state index contributed by atoms with van der Waals surface area (Å²) in [4.78, 5) is 0. The van der Waals surface area contributed by atoms with Crippen LogP contribution in [-0.4, -0.2) is 51.4 Å². The van der Waals surface area contributed by atoms with Gasteiger partial charge in [0.05, 0.1) is 39.6 Å². The second-order valence-corrected chi connectivity index (χ2v) is 3.54. The Balaban J connectivity index is 2.92. The maximum atomic E-state index is 8.43. The predicted octanol–water partition coefficient (Wildman–Crippen LogP) is 1.07. The van der Waals surface area contributed by atoms with E-state index in [1.807, 2.05) is 0 Å². The van der Waals surface area contributed by atoms with E-state index in [1.165, 1.54) is 0 Å². The second kappa shape index (κ2) is 11.9. The lowest BCUT2D eigenvalue weighted by Gasteiger charge is -2.09. The fourth-order valence-electron chi connectivity index (χ4n) is 0.907. The van der Waals surface area contributed by atoms with Gasteiger partial charge in [-0.15, -0.1) is 0 Å². The third-order valence-electron chi connectivity index (χ3n) is 2.08. The van der Waals surface area contributed by atoms with Gasteiger partial charge in [0, 0.05) is 6.61 Å². The highest BCUT2D eigenvalue weighted by molar-refractivity contribution is 4.45. The summed E-state index contributed by atoms with van der Waals surface area (Å²) in [5.74, 6) is 0.623. The molecule has 0 amide bonds. The minimum absolute atomic E-state index is 0.0675. The monoisotopic (exact) mass is 220 g/mol. The molecule has 0 rings (SSSR count). The Bertz CT molecular complexity index is 119. The summed E-state index contributed by atoms with van der Waals surface area (Å²) in [6, 6.07) is 0. The molecule has 0 aliphatic carbocycles. The highest BCUT2D eigenvalue weighted by Gasteiger charge is 1.97. The van der Waals surface area contributed by atoms with Crippen molar-refractivity contribution in [2.75, 3.05) is 46.2 Å². The Kier molecular flexibility index (Phi) is 11.8. The lowest BCUT2D eigenvalue weighted by molar-refractivity contribution is 0.00264. The van der Waals surface area contributed by atoms with Crippen LogP contribution in [-0.2, 0) is 14.2 Å². The van der Waals surface area contributed by atoms with Crippen molar-refractivity contribution < 1.29 is 19.3 Å². The molecule has 0 aromatic heterocycles. The topological polar surface area (TPSA) is 47.9 Å². The third-order valence-corrected chi connectivity index (χ3v) is 2.08. The summed E-state index contributed by atoms with van der Waals surface area (Å²) in [6.45, 7) is 7.93. The van der Waals surface area contributed by atoms with Crippen molar-refractivity contribution in [1.82, 2.24) is 0 Å². The molecule has 0 aliphatic heterocycles. The molecule has 0 unspecified atom stereocenters. The fourth-order valence-corrected chi connectivity index (χ4v) is 0.907. The first-order valence-corrected chi connectivity index (χ1v) is 5.65. The zero-order chi connectivity index (χ0) is 11.4. The van der Waals surface area contributed by atoms with Gasteiger partial charge in [0.25, 0.3) is 0 Å². The third kappa shape index (κ3) is 11.8. The molecule has 0 heterocycles. The van der Waals surface area contributed by atoms with Gasteiger partial charge in [-0.25, -0.2) is 0 Å².